The molecule has 2 aromatic carbocycles. The van der Waals surface area contributed by atoms with Crippen LogP contribution in [-0.4, -0.2) is 18.7 Å². The topological polar surface area (TPSA) is 12.0 Å². The van der Waals surface area contributed by atoms with Crippen molar-refractivity contribution in [2.75, 3.05) is 13.1 Å². The van der Waals surface area contributed by atoms with E-state index < -0.39 is 0 Å². The van der Waals surface area contributed by atoms with Crippen LogP contribution < -0.4 is 15.9 Å². The smallest absolute Gasteiger partial charge is 0.00255 e. The summed E-state index contributed by atoms with van der Waals surface area (Å²) in [7, 11) is -0.215. The Kier molecular flexibility index (Phi) is 3.73. The first kappa shape index (κ1) is 11.9. The molecule has 1 N–H and O–H groups in total. The first-order chi connectivity index (χ1) is 8.95. The molecule has 1 heterocycles. The lowest BCUT2D eigenvalue weighted by Gasteiger charge is -2.24. The highest BCUT2D eigenvalue weighted by Crippen LogP contribution is 2.41. The Morgan fingerprint density at radius 3 is 1.83 bits per heavy atom. The fraction of sp³-hybridized carbons (Fsp3) is 0.250. The standard InChI is InChI=1S/C16H18NP/c1-3-7-14(8-4-1)18(16-11-12-17-13-16)15-9-5-2-6-10-15/h1-10,16-17H,11-13H2/t16-/m1/s1. The van der Waals surface area contributed by atoms with Gasteiger partial charge in [-0.2, -0.15) is 0 Å². The van der Waals surface area contributed by atoms with E-state index in [9.17, 15) is 0 Å². The molecule has 0 radical (unpaired) electrons. The zero-order chi connectivity index (χ0) is 12.2. The average Bonchev–Trinajstić information content (AvgIpc) is 2.95. The van der Waals surface area contributed by atoms with E-state index in [1.54, 1.807) is 0 Å². The molecule has 1 atom stereocenters. The van der Waals surface area contributed by atoms with Gasteiger partial charge in [0.2, 0.25) is 0 Å². The summed E-state index contributed by atoms with van der Waals surface area (Å²) in [6, 6.07) is 22.0. The van der Waals surface area contributed by atoms with Crippen molar-refractivity contribution < 1.29 is 0 Å². The van der Waals surface area contributed by atoms with E-state index in [2.05, 4.69) is 66.0 Å². The van der Waals surface area contributed by atoms with E-state index in [0.717, 1.165) is 12.2 Å². The van der Waals surface area contributed by atoms with Crippen molar-refractivity contribution in [2.45, 2.75) is 12.1 Å². The van der Waals surface area contributed by atoms with E-state index in [0.29, 0.717) is 0 Å². The zero-order valence-electron chi connectivity index (χ0n) is 10.4. The second-order valence-electron chi connectivity index (χ2n) is 4.69. The highest BCUT2D eigenvalue weighted by molar-refractivity contribution is 7.73. The lowest BCUT2D eigenvalue weighted by Crippen LogP contribution is -2.23. The number of rotatable bonds is 3. The monoisotopic (exact) mass is 255 g/mol. The summed E-state index contributed by atoms with van der Waals surface area (Å²) in [5, 5.41) is 6.52. The molecule has 0 spiro atoms. The Hall–Kier alpha value is -1.17. The van der Waals surface area contributed by atoms with Crippen LogP contribution in [0.3, 0.4) is 0 Å². The molecule has 3 rings (SSSR count). The Morgan fingerprint density at radius 1 is 0.833 bits per heavy atom. The third-order valence-electron chi connectivity index (χ3n) is 3.47. The normalized spacial score (nSPS) is 19.3. The van der Waals surface area contributed by atoms with Crippen LogP contribution in [0.4, 0.5) is 0 Å². The van der Waals surface area contributed by atoms with Crippen LogP contribution in [0, 0.1) is 0 Å². The molecular formula is C16H18NP. The Morgan fingerprint density at radius 2 is 1.39 bits per heavy atom. The van der Waals surface area contributed by atoms with Gasteiger partial charge in [0.05, 0.1) is 0 Å². The third kappa shape index (κ3) is 2.48. The summed E-state index contributed by atoms with van der Waals surface area (Å²) in [6.07, 6.45) is 1.30. The second kappa shape index (κ2) is 5.65. The van der Waals surface area contributed by atoms with Crippen molar-refractivity contribution in [1.82, 2.24) is 5.32 Å². The lowest BCUT2D eigenvalue weighted by molar-refractivity contribution is 0.858. The van der Waals surface area contributed by atoms with Gasteiger partial charge in [-0.15, -0.1) is 0 Å². The first-order valence-electron chi connectivity index (χ1n) is 6.55. The summed E-state index contributed by atoms with van der Waals surface area (Å²) in [5.41, 5.74) is 0.782. The second-order valence-corrected chi connectivity index (χ2v) is 7.19. The van der Waals surface area contributed by atoms with Crippen molar-refractivity contribution in [3.63, 3.8) is 0 Å². The van der Waals surface area contributed by atoms with Crippen molar-refractivity contribution in [3.8, 4) is 0 Å². The number of hydrogen-bond acceptors (Lipinski definition) is 1. The van der Waals surface area contributed by atoms with Gasteiger partial charge in [0.25, 0.3) is 0 Å². The van der Waals surface area contributed by atoms with E-state index in [-0.39, 0.29) is 7.92 Å². The van der Waals surface area contributed by atoms with Gasteiger partial charge in [-0.25, -0.2) is 0 Å². The zero-order valence-corrected chi connectivity index (χ0v) is 11.3. The van der Waals surface area contributed by atoms with Gasteiger partial charge in [-0.3, -0.25) is 0 Å². The minimum atomic E-state index is -0.215. The minimum absolute atomic E-state index is 0.215. The van der Waals surface area contributed by atoms with Crippen molar-refractivity contribution in [2.24, 2.45) is 0 Å². The fourth-order valence-electron chi connectivity index (χ4n) is 2.61. The molecule has 1 aliphatic rings. The molecule has 1 aliphatic heterocycles. The molecule has 2 heteroatoms. The van der Waals surface area contributed by atoms with Crippen LogP contribution in [0.15, 0.2) is 60.7 Å². The summed E-state index contributed by atoms with van der Waals surface area (Å²) < 4.78 is 0. The molecule has 0 unspecified atom stereocenters. The molecule has 0 aromatic heterocycles. The van der Waals surface area contributed by atoms with Crippen LogP contribution >= 0.6 is 7.92 Å². The fourth-order valence-corrected chi connectivity index (χ4v) is 5.43. The Labute approximate surface area is 110 Å². The molecule has 0 bridgehead atoms. The van der Waals surface area contributed by atoms with E-state index in [4.69, 9.17) is 0 Å². The number of benzene rings is 2. The first-order valence-corrected chi connectivity index (χ1v) is 7.96. The molecule has 0 amide bonds. The molecule has 92 valence electrons. The quantitative estimate of drug-likeness (QED) is 0.831. The van der Waals surface area contributed by atoms with Crippen LogP contribution in [0.2, 0.25) is 0 Å². The SMILES string of the molecule is c1ccc(P(c2ccccc2)[C@@H]2CCNC2)cc1. The van der Waals surface area contributed by atoms with Crippen molar-refractivity contribution >= 4 is 18.5 Å². The molecule has 1 fully saturated rings. The molecular weight excluding hydrogens is 237 g/mol. The predicted octanol–water partition coefficient (Wildman–Crippen LogP) is 2.48. The van der Waals surface area contributed by atoms with E-state index >= 15 is 0 Å². The maximum Gasteiger partial charge on any atom is 0.00255 e. The van der Waals surface area contributed by atoms with Gasteiger partial charge in [0.1, 0.15) is 0 Å². The third-order valence-corrected chi connectivity index (χ3v) is 6.35. The van der Waals surface area contributed by atoms with E-state index in [1.807, 2.05) is 0 Å². The lowest BCUT2D eigenvalue weighted by atomic mass is 10.3. The van der Waals surface area contributed by atoms with Gasteiger partial charge in [-0.1, -0.05) is 60.7 Å². The van der Waals surface area contributed by atoms with Gasteiger partial charge < -0.3 is 5.32 Å². The highest BCUT2D eigenvalue weighted by atomic mass is 31.1. The van der Waals surface area contributed by atoms with Crippen molar-refractivity contribution in [3.05, 3.63) is 60.7 Å². The van der Waals surface area contributed by atoms with Crippen LogP contribution in [0.1, 0.15) is 6.42 Å². The molecule has 0 saturated carbocycles. The number of hydrogen-bond donors (Lipinski definition) is 1. The Bertz CT molecular complexity index is 437. The van der Waals surface area contributed by atoms with Gasteiger partial charge in [0.15, 0.2) is 0 Å². The molecule has 0 aliphatic carbocycles. The van der Waals surface area contributed by atoms with Crippen LogP contribution in [-0.2, 0) is 0 Å². The maximum absolute atomic E-state index is 3.51. The Balaban J connectivity index is 1.98. The molecule has 1 saturated heterocycles. The number of nitrogens with one attached hydrogen (secondary N) is 1. The average molecular weight is 255 g/mol. The minimum Gasteiger partial charge on any atom is -0.316 e. The predicted molar refractivity (Wildman–Crippen MR) is 80.3 cm³/mol. The molecule has 1 nitrogen and oxygen atoms in total. The molecule has 2 aromatic rings. The maximum atomic E-state index is 3.51. The van der Waals surface area contributed by atoms with Gasteiger partial charge in [-0.05, 0) is 31.5 Å². The molecule has 18 heavy (non-hydrogen) atoms. The summed E-state index contributed by atoms with van der Waals surface area (Å²) in [6.45, 7) is 2.33. The summed E-state index contributed by atoms with van der Waals surface area (Å²) >= 11 is 0. The highest BCUT2D eigenvalue weighted by Gasteiger charge is 2.26. The van der Waals surface area contributed by atoms with Gasteiger partial charge >= 0.3 is 0 Å². The van der Waals surface area contributed by atoms with Gasteiger partial charge in [0, 0.05) is 12.2 Å². The summed E-state index contributed by atoms with van der Waals surface area (Å²) in [4.78, 5) is 0. The summed E-state index contributed by atoms with van der Waals surface area (Å²) in [5.74, 6) is 0. The van der Waals surface area contributed by atoms with Crippen LogP contribution in [0.5, 0.6) is 0 Å². The van der Waals surface area contributed by atoms with E-state index in [1.165, 1.54) is 23.6 Å². The van der Waals surface area contributed by atoms with Crippen molar-refractivity contribution in [1.29, 1.82) is 0 Å². The largest absolute Gasteiger partial charge is 0.316 e. The van der Waals surface area contributed by atoms with Crippen LogP contribution in [0.25, 0.3) is 0 Å².